The Bertz CT molecular complexity index is 461. The van der Waals surface area contributed by atoms with Crippen molar-refractivity contribution in [2.45, 2.75) is 72.3 Å². The van der Waals surface area contributed by atoms with Crippen LogP contribution in [0.5, 0.6) is 0 Å². The Morgan fingerprint density at radius 1 is 0.880 bits per heavy atom. The summed E-state index contributed by atoms with van der Waals surface area (Å²) in [6.07, 6.45) is 2.68. The molecule has 7 heteroatoms. The first-order valence-corrected chi connectivity index (χ1v) is 9.03. The Morgan fingerprint density at radius 3 is 2.04 bits per heavy atom. The lowest BCUT2D eigenvalue weighted by atomic mass is 10.0. The lowest BCUT2D eigenvalue weighted by Crippen LogP contribution is -2.49. The Labute approximate surface area is 150 Å². The fourth-order valence-corrected chi connectivity index (χ4v) is 2.24. The van der Waals surface area contributed by atoms with Crippen LogP contribution < -0.4 is 16.4 Å². The first-order valence-electron chi connectivity index (χ1n) is 9.03. The summed E-state index contributed by atoms with van der Waals surface area (Å²) >= 11 is 0. The number of Topliss-reactive ketones (excluding diaryl/α,β-unsaturated/α-hetero) is 1. The molecule has 0 saturated heterocycles. The average molecular weight is 355 g/mol. The van der Waals surface area contributed by atoms with E-state index in [1.165, 1.54) is 0 Å². The Morgan fingerprint density at radius 2 is 1.52 bits per heavy atom. The van der Waals surface area contributed by atoms with Crippen molar-refractivity contribution in [1.29, 1.82) is 0 Å². The van der Waals surface area contributed by atoms with Crippen molar-refractivity contribution in [3.8, 4) is 0 Å². The third kappa shape index (κ3) is 11.3. The number of unbranched alkanes of at least 4 members (excludes halogenated alkanes) is 1. The monoisotopic (exact) mass is 355 g/mol. The molecule has 0 fully saturated rings. The van der Waals surface area contributed by atoms with Gasteiger partial charge in [-0.3, -0.25) is 19.2 Å². The smallest absolute Gasteiger partial charge is 0.242 e. The van der Waals surface area contributed by atoms with E-state index in [9.17, 15) is 19.2 Å². The van der Waals surface area contributed by atoms with E-state index in [0.29, 0.717) is 19.4 Å². The molecule has 0 aromatic carbocycles. The van der Waals surface area contributed by atoms with Crippen molar-refractivity contribution >= 4 is 23.5 Å². The average Bonchev–Trinajstić information content (AvgIpc) is 2.50. The van der Waals surface area contributed by atoms with Gasteiger partial charge < -0.3 is 16.4 Å². The minimum Gasteiger partial charge on any atom is -0.370 e. The molecule has 0 spiro atoms. The second kappa shape index (κ2) is 12.4. The van der Waals surface area contributed by atoms with E-state index in [1.807, 2.05) is 27.7 Å². The molecule has 0 radical (unpaired) electrons. The molecule has 0 aromatic heterocycles. The zero-order chi connectivity index (χ0) is 19.4. The van der Waals surface area contributed by atoms with Crippen molar-refractivity contribution < 1.29 is 19.2 Å². The maximum absolute atomic E-state index is 12.2. The Balaban J connectivity index is 4.17. The molecule has 4 N–H and O–H groups in total. The van der Waals surface area contributed by atoms with Crippen LogP contribution in [0, 0.1) is 11.8 Å². The van der Waals surface area contributed by atoms with Crippen molar-refractivity contribution in [2.24, 2.45) is 17.6 Å². The summed E-state index contributed by atoms with van der Waals surface area (Å²) in [4.78, 5) is 46.3. The van der Waals surface area contributed by atoms with Crippen LogP contribution in [0.3, 0.4) is 0 Å². The van der Waals surface area contributed by atoms with Gasteiger partial charge in [0, 0.05) is 31.7 Å². The number of rotatable bonds is 13. The zero-order valence-corrected chi connectivity index (χ0v) is 15.9. The number of hydrogen-bond acceptors (Lipinski definition) is 4. The molecule has 0 aromatic rings. The summed E-state index contributed by atoms with van der Waals surface area (Å²) in [5.41, 5.74) is 5.04. The van der Waals surface area contributed by atoms with Gasteiger partial charge in [-0.05, 0) is 25.2 Å². The predicted octanol–water partition coefficient (Wildman–Crippen LogP) is 1.29. The Hall–Kier alpha value is -1.92. The summed E-state index contributed by atoms with van der Waals surface area (Å²) in [5.74, 6) is -0.713. The van der Waals surface area contributed by atoms with Gasteiger partial charge in [-0.2, -0.15) is 0 Å². The number of carbonyl (C=O) groups excluding carboxylic acids is 4. The minimum atomic E-state index is -0.613. The highest BCUT2D eigenvalue weighted by Gasteiger charge is 2.23. The van der Waals surface area contributed by atoms with Crippen LogP contribution in [0.4, 0.5) is 0 Å². The molecule has 0 aliphatic rings. The molecule has 144 valence electrons. The SMILES string of the molecule is CC(C)C(=O)CCCCNC(=O)C(NC(=O)CCCC(N)=O)C(C)C. The van der Waals surface area contributed by atoms with Gasteiger partial charge >= 0.3 is 0 Å². The van der Waals surface area contributed by atoms with E-state index in [4.69, 9.17) is 5.73 Å². The molecule has 0 rings (SSSR count). The summed E-state index contributed by atoms with van der Waals surface area (Å²) in [5, 5.41) is 5.51. The fourth-order valence-electron chi connectivity index (χ4n) is 2.24. The third-order valence-corrected chi connectivity index (χ3v) is 3.89. The number of carbonyl (C=O) groups is 4. The second-order valence-electron chi connectivity index (χ2n) is 6.98. The topological polar surface area (TPSA) is 118 Å². The molecule has 7 nitrogen and oxygen atoms in total. The largest absolute Gasteiger partial charge is 0.370 e. The van der Waals surface area contributed by atoms with Gasteiger partial charge in [0.1, 0.15) is 11.8 Å². The molecule has 0 aliphatic carbocycles. The van der Waals surface area contributed by atoms with Crippen LogP contribution in [-0.4, -0.2) is 36.1 Å². The highest BCUT2D eigenvalue weighted by atomic mass is 16.2. The molecule has 0 heterocycles. The molecular weight excluding hydrogens is 322 g/mol. The van der Waals surface area contributed by atoms with Crippen molar-refractivity contribution in [3.05, 3.63) is 0 Å². The molecule has 25 heavy (non-hydrogen) atoms. The van der Waals surface area contributed by atoms with E-state index in [0.717, 1.165) is 12.8 Å². The van der Waals surface area contributed by atoms with E-state index < -0.39 is 11.9 Å². The number of ketones is 1. The first-order chi connectivity index (χ1) is 11.6. The van der Waals surface area contributed by atoms with E-state index in [-0.39, 0.29) is 42.3 Å². The standard InChI is InChI=1S/C18H33N3O4/c1-12(2)14(22)8-5-6-11-20-18(25)17(13(3)4)21-16(24)10-7-9-15(19)23/h12-13,17H,5-11H2,1-4H3,(H2,19,23)(H,20,25)(H,21,24). The van der Waals surface area contributed by atoms with E-state index in [1.54, 1.807) is 0 Å². The number of primary amides is 1. The van der Waals surface area contributed by atoms with Crippen LogP contribution in [0.15, 0.2) is 0 Å². The van der Waals surface area contributed by atoms with Crippen LogP contribution in [0.25, 0.3) is 0 Å². The first kappa shape index (κ1) is 23.1. The maximum atomic E-state index is 12.2. The molecule has 1 atom stereocenters. The normalized spacial score (nSPS) is 12.1. The van der Waals surface area contributed by atoms with Gasteiger partial charge in [0.2, 0.25) is 17.7 Å². The highest BCUT2D eigenvalue weighted by Crippen LogP contribution is 2.06. The molecule has 0 aliphatic heterocycles. The number of amides is 3. The lowest BCUT2D eigenvalue weighted by Gasteiger charge is -2.21. The number of nitrogens with two attached hydrogens (primary N) is 1. The van der Waals surface area contributed by atoms with Gasteiger partial charge in [-0.25, -0.2) is 0 Å². The van der Waals surface area contributed by atoms with Crippen molar-refractivity contribution in [1.82, 2.24) is 10.6 Å². The van der Waals surface area contributed by atoms with Crippen LogP contribution in [0.1, 0.15) is 66.2 Å². The van der Waals surface area contributed by atoms with Gasteiger partial charge in [0.05, 0.1) is 0 Å². The zero-order valence-electron chi connectivity index (χ0n) is 15.9. The van der Waals surface area contributed by atoms with Gasteiger partial charge in [-0.1, -0.05) is 27.7 Å². The minimum absolute atomic E-state index is 0.0460. The summed E-state index contributed by atoms with van der Waals surface area (Å²) < 4.78 is 0. The summed E-state index contributed by atoms with van der Waals surface area (Å²) in [7, 11) is 0. The van der Waals surface area contributed by atoms with Crippen LogP contribution in [-0.2, 0) is 19.2 Å². The fraction of sp³-hybridized carbons (Fsp3) is 0.778. The van der Waals surface area contributed by atoms with Gasteiger partial charge in [-0.15, -0.1) is 0 Å². The van der Waals surface area contributed by atoms with Crippen LogP contribution in [0.2, 0.25) is 0 Å². The summed E-state index contributed by atoms with van der Waals surface area (Å²) in [6, 6.07) is -0.613. The molecule has 1 unspecified atom stereocenters. The van der Waals surface area contributed by atoms with Crippen molar-refractivity contribution in [2.75, 3.05) is 6.54 Å². The van der Waals surface area contributed by atoms with E-state index >= 15 is 0 Å². The molecular formula is C18H33N3O4. The predicted molar refractivity (Wildman–Crippen MR) is 96.5 cm³/mol. The van der Waals surface area contributed by atoms with Gasteiger partial charge in [0.25, 0.3) is 0 Å². The lowest BCUT2D eigenvalue weighted by molar-refractivity contribution is -0.130. The summed E-state index contributed by atoms with van der Waals surface area (Å²) in [6.45, 7) is 7.95. The van der Waals surface area contributed by atoms with Gasteiger partial charge in [0.15, 0.2) is 0 Å². The molecule has 3 amide bonds. The number of hydrogen-bond donors (Lipinski definition) is 3. The maximum Gasteiger partial charge on any atom is 0.242 e. The third-order valence-electron chi connectivity index (χ3n) is 3.89. The van der Waals surface area contributed by atoms with E-state index in [2.05, 4.69) is 10.6 Å². The number of nitrogens with one attached hydrogen (secondary N) is 2. The highest BCUT2D eigenvalue weighted by molar-refractivity contribution is 5.88. The van der Waals surface area contributed by atoms with Crippen molar-refractivity contribution in [3.63, 3.8) is 0 Å². The van der Waals surface area contributed by atoms with Crippen LogP contribution >= 0.6 is 0 Å². The Kier molecular flexibility index (Phi) is 11.5. The second-order valence-corrected chi connectivity index (χ2v) is 6.98. The molecule has 0 bridgehead atoms. The quantitative estimate of drug-likeness (QED) is 0.431. The molecule has 0 saturated carbocycles.